The van der Waals surface area contributed by atoms with Crippen molar-refractivity contribution in [1.29, 1.82) is 0 Å². The van der Waals surface area contributed by atoms with Gasteiger partial charge in [0.2, 0.25) is 5.91 Å². The van der Waals surface area contributed by atoms with Gasteiger partial charge in [-0.2, -0.15) is 0 Å². The number of hydrogen-bond donors (Lipinski definition) is 1. The number of piperidine rings is 1. The van der Waals surface area contributed by atoms with Crippen LogP contribution in [0.3, 0.4) is 0 Å². The van der Waals surface area contributed by atoms with Crippen molar-refractivity contribution in [3.05, 3.63) is 34.6 Å². The Morgan fingerprint density at radius 3 is 2.44 bits per heavy atom. The molecule has 0 atom stereocenters. The van der Waals surface area contributed by atoms with Gasteiger partial charge in [-0.05, 0) is 51.8 Å². The number of hydrogen-bond acceptors (Lipinski definition) is 4. The Balaban J connectivity index is 1.80. The summed E-state index contributed by atoms with van der Waals surface area (Å²) in [5, 5.41) is 2.47. The first-order valence-electron chi connectivity index (χ1n) is 8.80. The lowest BCUT2D eigenvalue weighted by Gasteiger charge is -2.32. The van der Waals surface area contributed by atoms with Gasteiger partial charge in [0.1, 0.15) is 11.4 Å². The molecular formula is C19H24ClFN2O4. The van der Waals surface area contributed by atoms with Crippen molar-refractivity contribution in [2.45, 2.75) is 39.2 Å². The van der Waals surface area contributed by atoms with Crippen LogP contribution in [0.4, 0.5) is 9.18 Å². The number of amides is 2. The van der Waals surface area contributed by atoms with Gasteiger partial charge in [-0.15, -0.1) is 0 Å². The number of ether oxygens (including phenoxy) is 1. The van der Waals surface area contributed by atoms with Crippen LogP contribution in [0, 0.1) is 11.7 Å². The molecule has 1 aromatic rings. The first-order chi connectivity index (χ1) is 12.6. The number of ketones is 1. The lowest BCUT2D eigenvalue weighted by atomic mass is 9.96. The topological polar surface area (TPSA) is 75.7 Å². The first kappa shape index (κ1) is 21.2. The second-order valence-electron chi connectivity index (χ2n) is 7.51. The number of benzene rings is 1. The van der Waals surface area contributed by atoms with E-state index in [-0.39, 0.29) is 40.8 Å². The van der Waals surface area contributed by atoms with Crippen LogP contribution in [0.15, 0.2) is 18.2 Å². The minimum Gasteiger partial charge on any atom is -0.444 e. The van der Waals surface area contributed by atoms with E-state index in [0.29, 0.717) is 25.9 Å². The van der Waals surface area contributed by atoms with Crippen LogP contribution < -0.4 is 5.32 Å². The zero-order valence-electron chi connectivity index (χ0n) is 15.7. The van der Waals surface area contributed by atoms with Gasteiger partial charge in [-0.1, -0.05) is 11.6 Å². The molecule has 0 aromatic heterocycles. The number of nitrogens with one attached hydrogen (secondary N) is 1. The van der Waals surface area contributed by atoms with Crippen molar-refractivity contribution in [2.24, 2.45) is 5.92 Å². The number of likely N-dealkylation sites (tertiary alicyclic amines) is 1. The lowest BCUT2D eigenvalue weighted by Crippen LogP contribution is -2.45. The zero-order chi connectivity index (χ0) is 20.2. The number of carbonyl (C=O) groups is 3. The molecule has 27 heavy (non-hydrogen) atoms. The van der Waals surface area contributed by atoms with E-state index in [0.717, 1.165) is 6.07 Å². The molecule has 0 aliphatic carbocycles. The van der Waals surface area contributed by atoms with Crippen LogP contribution in [0.5, 0.6) is 0 Å². The summed E-state index contributed by atoms with van der Waals surface area (Å²) in [7, 11) is 0. The third kappa shape index (κ3) is 6.20. The summed E-state index contributed by atoms with van der Waals surface area (Å²) < 4.78 is 18.5. The van der Waals surface area contributed by atoms with Crippen molar-refractivity contribution in [2.75, 3.05) is 19.6 Å². The van der Waals surface area contributed by atoms with Crippen LogP contribution in [0.1, 0.15) is 44.0 Å². The monoisotopic (exact) mass is 398 g/mol. The van der Waals surface area contributed by atoms with E-state index in [1.807, 2.05) is 0 Å². The summed E-state index contributed by atoms with van der Waals surface area (Å²) in [5.41, 5.74) is -0.323. The first-order valence-corrected chi connectivity index (χ1v) is 9.18. The van der Waals surface area contributed by atoms with E-state index in [4.69, 9.17) is 16.3 Å². The summed E-state index contributed by atoms with van der Waals surface area (Å²) in [6.07, 6.45) is 0.619. The number of halogens is 2. The van der Waals surface area contributed by atoms with Gasteiger partial charge in [-0.25, -0.2) is 9.18 Å². The molecule has 6 nitrogen and oxygen atoms in total. The highest BCUT2D eigenvalue weighted by Crippen LogP contribution is 2.20. The van der Waals surface area contributed by atoms with E-state index in [9.17, 15) is 18.8 Å². The summed E-state index contributed by atoms with van der Waals surface area (Å²) >= 11 is 5.66. The molecule has 0 radical (unpaired) electrons. The Labute approximate surface area is 163 Å². The Morgan fingerprint density at radius 2 is 1.89 bits per heavy atom. The van der Waals surface area contributed by atoms with Crippen LogP contribution in [-0.4, -0.2) is 47.9 Å². The summed E-state index contributed by atoms with van der Waals surface area (Å²) in [5.74, 6) is -1.46. The normalized spacial score (nSPS) is 15.4. The van der Waals surface area contributed by atoms with Gasteiger partial charge >= 0.3 is 6.09 Å². The van der Waals surface area contributed by atoms with Crippen molar-refractivity contribution in [3.8, 4) is 0 Å². The molecule has 148 valence electrons. The fraction of sp³-hybridized carbons (Fsp3) is 0.526. The maximum Gasteiger partial charge on any atom is 0.410 e. The maximum atomic E-state index is 13.1. The molecule has 0 unspecified atom stereocenters. The second-order valence-corrected chi connectivity index (χ2v) is 7.92. The van der Waals surface area contributed by atoms with E-state index < -0.39 is 11.4 Å². The zero-order valence-corrected chi connectivity index (χ0v) is 16.4. The summed E-state index contributed by atoms with van der Waals surface area (Å²) in [6, 6.07) is 3.68. The van der Waals surface area contributed by atoms with Crippen molar-refractivity contribution in [3.63, 3.8) is 0 Å². The molecule has 0 bridgehead atoms. The number of carbonyl (C=O) groups excluding carboxylic acids is 3. The molecule has 1 fully saturated rings. The lowest BCUT2D eigenvalue weighted by molar-refractivity contribution is -0.126. The molecule has 8 heteroatoms. The summed E-state index contributed by atoms with van der Waals surface area (Å²) in [4.78, 5) is 38.0. The predicted octanol–water partition coefficient (Wildman–Crippen LogP) is 3.43. The molecule has 0 saturated carbocycles. The Bertz CT molecular complexity index is 725. The van der Waals surface area contributed by atoms with Crippen LogP contribution in [0.2, 0.25) is 5.02 Å². The Kier molecular flexibility index (Phi) is 6.81. The van der Waals surface area contributed by atoms with Gasteiger partial charge < -0.3 is 15.0 Å². The van der Waals surface area contributed by atoms with Gasteiger partial charge in [0, 0.05) is 24.6 Å². The molecule has 1 aliphatic heterocycles. The minimum atomic E-state index is -0.603. The molecular weight excluding hydrogens is 375 g/mol. The highest BCUT2D eigenvalue weighted by molar-refractivity contribution is 6.31. The predicted molar refractivity (Wildman–Crippen MR) is 99.3 cm³/mol. The largest absolute Gasteiger partial charge is 0.444 e. The highest BCUT2D eigenvalue weighted by atomic mass is 35.5. The van der Waals surface area contributed by atoms with Crippen molar-refractivity contribution < 1.29 is 23.5 Å². The minimum absolute atomic E-state index is 0.137. The van der Waals surface area contributed by atoms with Gasteiger partial charge in [0.15, 0.2) is 5.78 Å². The van der Waals surface area contributed by atoms with Gasteiger partial charge in [0.25, 0.3) is 0 Å². The quantitative estimate of drug-likeness (QED) is 0.788. The molecule has 1 heterocycles. The molecule has 0 spiro atoms. The van der Waals surface area contributed by atoms with Crippen molar-refractivity contribution >= 4 is 29.4 Å². The standard InChI is InChI=1S/C19H24ClFN2O4/c1-19(2,3)27-18(26)23-8-6-12(7-9-23)17(25)22-11-16(24)13-4-5-15(21)14(20)10-13/h4-5,10,12H,6-9,11H2,1-3H3,(H,22,25). The SMILES string of the molecule is CC(C)(C)OC(=O)N1CCC(C(=O)NCC(=O)c2ccc(F)c(Cl)c2)CC1. The number of Topliss-reactive ketones (excluding diaryl/α,β-unsaturated/α-hetero) is 1. The second kappa shape index (κ2) is 8.69. The van der Waals surface area contributed by atoms with Crippen LogP contribution in [0.25, 0.3) is 0 Å². The third-order valence-corrected chi connectivity index (χ3v) is 4.47. The molecule has 1 aromatic carbocycles. The highest BCUT2D eigenvalue weighted by Gasteiger charge is 2.30. The van der Waals surface area contributed by atoms with E-state index >= 15 is 0 Å². The molecule has 1 N–H and O–H groups in total. The molecule has 2 rings (SSSR count). The van der Waals surface area contributed by atoms with Gasteiger partial charge in [-0.3, -0.25) is 9.59 Å². The Morgan fingerprint density at radius 1 is 1.26 bits per heavy atom. The Hall–Kier alpha value is -2.15. The fourth-order valence-corrected chi connectivity index (χ4v) is 2.91. The average molecular weight is 399 g/mol. The summed E-state index contributed by atoms with van der Waals surface area (Å²) in [6.45, 7) is 6.07. The molecule has 2 amide bonds. The van der Waals surface area contributed by atoms with E-state index in [1.54, 1.807) is 25.7 Å². The molecule has 1 aliphatic rings. The third-order valence-electron chi connectivity index (χ3n) is 4.18. The average Bonchev–Trinajstić information content (AvgIpc) is 2.60. The number of rotatable bonds is 4. The van der Waals surface area contributed by atoms with E-state index in [2.05, 4.69) is 5.32 Å². The molecule has 1 saturated heterocycles. The number of nitrogens with zero attached hydrogens (tertiary/aromatic N) is 1. The van der Waals surface area contributed by atoms with Crippen LogP contribution >= 0.6 is 11.6 Å². The van der Waals surface area contributed by atoms with E-state index in [1.165, 1.54) is 12.1 Å². The maximum absolute atomic E-state index is 13.1. The van der Waals surface area contributed by atoms with Gasteiger partial charge in [0.05, 0.1) is 11.6 Å². The smallest absolute Gasteiger partial charge is 0.410 e. The van der Waals surface area contributed by atoms with Crippen molar-refractivity contribution in [1.82, 2.24) is 10.2 Å². The van der Waals surface area contributed by atoms with Crippen LogP contribution in [-0.2, 0) is 9.53 Å². The fourth-order valence-electron chi connectivity index (χ4n) is 2.73.